The zero-order valence-corrected chi connectivity index (χ0v) is 12.3. The van der Waals surface area contributed by atoms with Crippen molar-refractivity contribution in [3.05, 3.63) is 35.9 Å². The van der Waals surface area contributed by atoms with E-state index >= 15 is 0 Å². The molecule has 0 saturated carbocycles. The first kappa shape index (κ1) is 15.7. The van der Waals surface area contributed by atoms with Gasteiger partial charge in [0, 0.05) is 12.1 Å². The van der Waals surface area contributed by atoms with Gasteiger partial charge in [0.1, 0.15) is 0 Å². The summed E-state index contributed by atoms with van der Waals surface area (Å²) < 4.78 is 0. The summed E-state index contributed by atoms with van der Waals surface area (Å²) in [5.74, 6) is -1.15. The molecule has 0 aliphatic rings. The third kappa shape index (κ3) is 4.67. The third-order valence-electron chi connectivity index (χ3n) is 3.50. The Labute approximate surface area is 116 Å². The van der Waals surface area contributed by atoms with Gasteiger partial charge in [-0.3, -0.25) is 9.69 Å². The first-order valence-corrected chi connectivity index (χ1v) is 6.97. The minimum Gasteiger partial charge on any atom is -0.481 e. The van der Waals surface area contributed by atoms with E-state index in [9.17, 15) is 9.90 Å². The maximum Gasteiger partial charge on any atom is 0.311 e. The Balaban J connectivity index is 2.73. The number of benzene rings is 1. The van der Waals surface area contributed by atoms with Gasteiger partial charge in [-0.1, -0.05) is 30.3 Å². The second-order valence-electron chi connectivity index (χ2n) is 5.52. The number of carboxylic acids is 1. The molecule has 19 heavy (non-hydrogen) atoms. The van der Waals surface area contributed by atoms with Crippen molar-refractivity contribution < 1.29 is 9.90 Å². The molecule has 0 aliphatic carbocycles. The smallest absolute Gasteiger partial charge is 0.311 e. The average Bonchev–Trinajstić information content (AvgIpc) is 2.34. The molecule has 0 aromatic heterocycles. The molecule has 0 heterocycles. The Morgan fingerprint density at radius 2 is 1.63 bits per heavy atom. The predicted octanol–water partition coefficient (Wildman–Crippen LogP) is 3.36. The predicted molar refractivity (Wildman–Crippen MR) is 78.4 cm³/mol. The van der Waals surface area contributed by atoms with E-state index in [1.807, 2.05) is 30.3 Å². The molecule has 1 N–H and O–H groups in total. The van der Waals surface area contributed by atoms with Gasteiger partial charge in [0.2, 0.25) is 0 Å². The van der Waals surface area contributed by atoms with Crippen molar-refractivity contribution in [3.8, 4) is 0 Å². The van der Waals surface area contributed by atoms with Crippen molar-refractivity contribution in [1.82, 2.24) is 4.90 Å². The molecule has 0 aliphatic heterocycles. The van der Waals surface area contributed by atoms with Crippen LogP contribution in [0.4, 0.5) is 0 Å². The second-order valence-corrected chi connectivity index (χ2v) is 5.52. The highest BCUT2D eigenvalue weighted by atomic mass is 16.4. The molecule has 0 bridgehead atoms. The van der Waals surface area contributed by atoms with Crippen LogP contribution >= 0.6 is 0 Å². The normalized spacial score (nSPS) is 13.2. The van der Waals surface area contributed by atoms with Gasteiger partial charge in [-0.25, -0.2) is 0 Å². The van der Waals surface area contributed by atoms with Gasteiger partial charge in [-0.15, -0.1) is 0 Å². The lowest BCUT2D eigenvalue weighted by Gasteiger charge is -2.31. The Morgan fingerprint density at radius 1 is 1.11 bits per heavy atom. The zero-order valence-electron chi connectivity index (χ0n) is 12.3. The van der Waals surface area contributed by atoms with Crippen molar-refractivity contribution >= 4 is 5.97 Å². The minimum absolute atomic E-state index is 0.416. The van der Waals surface area contributed by atoms with Crippen LogP contribution in [0.3, 0.4) is 0 Å². The molecule has 1 rings (SSSR count). The van der Waals surface area contributed by atoms with Crippen LogP contribution in [0, 0.1) is 0 Å². The largest absolute Gasteiger partial charge is 0.481 e. The standard InChI is InChI=1S/C16H25NO2/c1-12(2)17(13(3)4)11-10-15(16(18)19)14-8-6-5-7-9-14/h5-9,12-13,15H,10-11H2,1-4H3,(H,18,19)/t15-/m1/s1. The van der Waals surface area contributed by atoms with E-state index in [4.69, 9.17) is 0 Å². The molecular weight excluding hydrogens is 238 g/mol. The maximum atomic E-state index is 11.4. The molecule has 1 atom stereocenters. The maximum absolute atomic E-state index is 11.4. The molecule has 0 fully saturated rings. The molecule has 0 radical (unpaired) electrons. The summed E-state index contributed by atoms with van der Waals surface area (Å²) in [6, 6.07) is 10.4. The van der Waals surface area contributed by atoms with Crippen molar-refractivity contribution in [2.24, 2.45) is 0 Å². The Hall–Kier alpha value is -1.35. The van der Waals surface area contributed by atoms with Gasteiger partial charge in [-0.2, -0.15) is 0 Å². The van der Waals surface area contributed by atoms with Crippen LogP contribution in [-0.4, -0.2) is 34.6 Å². The summed E-state index contributed by atoms with van der Waals surface area (Å²) in [4.78, 5) is 13.8. The van der Waals surface area contributed by atoms with Gasteiger partial charge in [0.05, 0.1) is 5.92 Å². The van der Waals surface area contributed by atoms with Crippen LogP contribution < -0.4 is 0 Å². The van der Waals surface area contributed by atoms with E-state index in [0.717, 1.165) is 12.1 Å². The van der Waals surface area contributed by atoms with E-state index in [1.165, 1.54) is 0 Å². The summed E-state index contributed by atoms with van der Waals surface area (Å²) in [6.07, 6.45) is 0.649. The highest BCUT2D eigenvalue weighted by Crippen LogP contribution is 2.21. The summed E-state index contributed by atoms with van der Waals surface area (Å²) in [5.41, 5.74) is 0.891. The van der Waals surface area contributed by atoms with Crippen molar-refractivity contribution in [1.29, 1.82) is 0 Å². The number of hydrogen-bond donors (Lipinski definition) is 1. The van der Waals surface area contributed by atoms with E-state index in [0.29, 0.717) is 18.5 Å². The van der Waals surface area contributed by atoms with Gasteiger partial charge in [0.25, 0.3) is 0 Å². The SMILES string of the molecule is CC(C)N(CC[C@@H](C(=O)O)c1ccccc1)C(C)C. The molecule has 0 unspecified atom stereocenters. The van der Waals surface area contributed by atoms with Crippen LogP contribution in [0.25, 0.3) is 0 Å². The van der Waals surface area contributed by atoms with Crippen LogP contribution in [-0.2, 0) is 4.79 Å². The van der Waals surface area contributed by atoms with Gasteiger partial charge in [-0.05, 0) is 46.2 Å². The van der Waals surface area contributed by atoms with E-state index in [2.05, 4.69) is 32.6 Å². The number of hydrogen-bond acceptors (Lipinski definition) is 2. The lowest BCUT2D eigenvalue weighted by molar-refractivity contribution is -0.139. The molecule has 0 saturated heterocycles. The Bertz CT molecular complexity index is 379. The molecule has 3 nitrogen and oxygen atoms in total. The lowest BCUT2D eigenvalue weighted by atomic mass is 9.95. The third-order valence-corrected chi connectivity index (χ3v) is 3.50. The molecule has 0 spiro atoms. The van der Waals surface area contributed by atoms with Crippen molar-refractivity contribution in [3.63, 3.8) is 0 Å². The molecule has 1 aromatic rings. The zero-order chi connectivity index (χ0) is 14.4. The summed E-state index contributed by atoms with van der Waals surface area (Å²) in [5, 5.41) is 9.40. The van der Waals surface area contributed by atoms with E-state index < -0.39 is 11.9 Å². The minimum atomic E-state index is -0.737. The first-order valence-electron chi connectivity index (χ1n) is 6.97. The number of aliphatic carboxylic acids is 1. The molecule has 1 aromatic carbocycles. The Kier molecular flexibility index (Phi) is 6.03. The molecule has 3 heteroatoms. The van der Waals surface area contributed by atoms with Gasteiger partial charge in [0.15, 0.2) is 0 Å². The summed E-state index contributed by atoms with van der Waals surface area (Å²) in [7, 11) is 0. The first-order chi connectivity index (χ1) is 8.93. The highest BCUT2D eigenvalue weighted by molar-refractivity contribution is 5.76. The number of nitrogens with zero attached hydrogens (tertiary/aromatic N) is 1. The molecule has 106 valence electrons. The van der Waals surface area contributed by atoms with Crippen molar-refractivity contribution in [2.45, 2.75) is 52.1 Å². The van der Waals surface area contributed by atoms with Crippen LogP contribution in [0.1, 0.15) is 45.6 Å². The highest BCUT2D eigenvalue weighted by Gasteiger charge is 2.22. The number of rotatable bonds is 7. The Morgan fingerprint density at radius 3 is 2.05 bits per heavy atom. The van der Waals surface area contributed by atoms with Crippen molar-refractivity contribution in [2.75, 3.05) is 6.54 Å². The van der Waals surface area contributed by atoms with Crippen LogP contribution in [0.5, 0.6) is 0 Å². The quantitative estimate of drug-likeness (QED) is 0.820. The topological polar surface area (TPSA) is 40.5 Å². The monoisotopic (exact) mass is 263 g/mol. The number of carboxylic acid groups (broad SMARTS) is 1. The summed E-state index contributed by atoms with van der Waals surface area (Å²) in [6.45, 7) is 9.41. The summed E-state index contributed by atoms with van der Waals surface area (Å²) >= 11 is 0. The number of carbonyl (C=O) groups is 1. The van der Waals surface area contributed by atoms with E-state index in [-0.39, 0.29) is 0 Å². The lowest BCUT2D eigenvalue weighted by Crippen LogP contribution is -2.38. The second kappa shape index (κ2) is 7.29. The van der Waals surface area contributed by atoms with E-state index in [1.54, 1.807) is 0 Å². The fourth-order valence-electron chi connectivity index (χ4n) is 2.51. The fraction of sp³-hybridized carbons (Fsp3) is 0.562. The van der Waals surface area contributed by atoms with Crippen LogP contribution in [0.2, 0.25) is 0 Å². The van der Waals surface area contributed by atoms with Crippen LogP contribution in [0.15, 0.2) is 30.3 Å². The fourth-order valence-corrected chi connectivity index (χ4v) is 2.51. The molecule has 0 amide bonds. The average molecular weight is 263 g/mol. The molecular formula is C16H25NO2. The van der Waals surface area contributed by atoms with Gasteiger partial charge >= 0.3 is 5.97 Å². The van der Waals surface area contributed by atoms with Gasteiger partial charge < -0.3 is 5.11 Å².